The van der Waals surface area contributed by atoms with Crippen LogP contribution in [-0.4, -0.2) is 16.2 Å². The molecule has 0 aromatic carbocycles. The average molecular weight is 179 g/mol. The van der Waals surface area contributed by atoms with Crippen molar-refractivity contribution in [3.05, 3.63) is 29.6 Å². The van der Waals surface area contributed by atoms with Crippen molar-refractivity contribution in [3.8, 4) is 0 Å². The van der Waals surface area contributed by atoms with E-state index in [-0.39, 0.29) is 6.10 Å². The van der Waals surface area contributed by atoms with Gasteiger partial charge in [-0.1, -0.05) is 6.07 Å². The molecule has 1 N–H and O–H groups in total. The van der Waals surface area contributed by atoms with Crippen LogP contribution in [0.4, 0.5) is 0 Å². The predicted molar refractivity (Wildman–Crippen MR) is 53.6 cm³/mol. The van der Waals surface area contributed by atoms with Crippen molar-refractivity contribution in [2.75, 3.05) is 0 Å². The number of hydrogen-bond acceptors (Lipinski definition) is 2. The molecule has 0 aliphatic carbocycles. The summed E-state index contributed by atoms with van der Waals surface area (Å²) in [5.41, 5.74) is 2.31. The first-order chi connectivity index (χ1) is 6.18. The predicted octanol–water partition coefficient (Wildman–Crippen LogP) is 2.09. The molecule has 0 amide bonds. The first kappa shape index (κ1) is 10.2. The van der Waals surface area contributed by atoms with E-state index >= 15 is 0 Å². The molecule has 0 spiro atoms. The Labute approximate surface area is 79.6 Å². The molecule has 1 aromatic heterocycles. The maximum atomic E-state index is 9.06. The first-order valence-electron chi connectivity index (χ1n) is 4.78. The molecule has 0 unspecified atom stereocenters. The van der Waals surface area contributed by atoms with Crippen molar-refractivity contribution < 1.29 is 5.11 Å². The number of rotatable bonds is 4. The summed E-state index contributed by atoms with van der Waals surface area (Å²) < 4.78 is 0. The Morgan fingerprint density at radius 1 is 1.46 bits per heavy atom. The van der Waals surface area contributed by atoms with Crippen LogP contribution in [0.2, 0.25) is 0 Å². The van der Waals surface area contributed by atoms with Gasteiger partial charge in [-0.15, -0.1) is 0 Å². The molecule has 2 heteroatoms. The van der Waals surface area contributed by atoms with Gasteiger partial charge >= 0.3 is 0 Å². The van der Waals surface area contributed by atoms with Gasteiger partial charge in [0, 0.05) is 11.9 Å². The lowest BCUT2D eigenvalue weighted by Crippen LogP contribution is -2.00. The summed E-state index contributed by atoms with van der Waals surface area (Å²) in [6.07, 6.45) is 4.64. The van der Waals surface area contributed by atoms with Crippen molar-refractivity contribution in [3.63, 3.8) is 0 Å². The molecule has 0 saturated heterocycles. The lowest BCUT2D eigenvalue weighted by atomic mass is 10.1. The van der Waals surface area contributed by atoms with Crippen molar-refractivity contribution in [2.24, 2.45) is 0 Å². The molecule has 13 heavy (non-hydrogen) atoms. The highest BCUT2D eigenvalue weighted by Gasteiger charge is 1.97. The zero-order valence-corrected chi connectivity index (χ0v) is 8.33. The second-order valence-electron chi connectivity index (χ2n) is 3.55. The van der Waals surface area contributed by atoms with E-state index in [1.165, 1.54) is 5.56 Å². The van der Waals surface area contributed by atoms with Crippen LogP contribution in [0.5, 0.6) is 0 Å². The zero-order chi connectivity index (χ0) is 9.68. The van der Waals surface area contributed by atoms with E-state index in [0.717, 1.165) is 25.0 Å². The Kier molecular flexibility index (Phi) is 3.90. The summed E-state index contributed by atoms with van der Waals surface area (Å²) in [7, 11) is 0. The summed E-state index contributed by atoms with van der Waals surface area (Å²) in [5, 5.41) is 9.06. The summed E-state index contributed by atoms with van der Waals surface area (Å²) in [4.78, 5) is 4.21. The minimum absolute atomic E-state index is 0.182. The lowest BCUT2D eigenvalue weighted by molar-refractivity contribution is 0.181. The SMILES string of the molecule is Cc1ccc(CCC[C@@H](C)O)cn1. The standard InChI is InChI=1S/C11H17NO/c1-9-6-7-11(8-12-9)5-3-4-10(2)13/h6-8,10,13H,3-5H2,1-2H3/t10-/m1/s1. The van der Waals surface area contributed by atoms with Gasteiger partial charge in [-0.2, -0.15) is 0 Å². The van der Waals surface area contributed by atoms with Gasteiger partial charge in [0.1, 0.15) is 0 Å². The van der Waals surface area contributed by atoms with Gasteiger partial charge in [0.05, 0.1) is 6.10 Å². The van der Waals surface area contributed by atoms with E-state index in [9.17, 15) is 0 Å². The quantitative estimate of drug-likeness (QED) is 0.767. The fourth-order valence-electron chi connectivity index (χ4n) is 1.25. The van der Waals surface area contributed by atoms with E-state index < -0.39 is 0 Å². The molecule has 72 valence electrons. The summed E-state index contributed by atoms with van der Waals surface area (Å²) >= 11 is 0. The van der Waals surface area contributed by atoms with Gasteiger partial charge in [-0.05, 0) is 44.7 Å². The molecule has 0 fully saturated rings. The third-order valence-corrected chi connectivity index (χ3v) is 2.06. The fourth-order valence-corrected chi connectivity index (χ4v) is 1.25. The van der Waals surface area contributed by atoms with E-state index in [1.54, 1.807) is 0 Å². The van der Waals surface area contributed by atoms with Crippen LogP contribution in [0, 0.1) is 6.92 Å². The molecular weight excluding hydrogens is 162 g/mol. The molecule has 0 radical (unpaired) electrons. The van der Waals surface area contributed by atoms with Crippen LogP contribution >= 0.6 is 0 Å². The summed E-state index contributed by atoms with van der Waals surface area (Å²) in [6.45, 7) is 3.81. The number of aliphatic hydroxyl groups excluding tert-OH is 1. The lowest BCUT2D eigenvalue weighted by Gasteiger charge is -2.03. The number of aliphatic hydroxyl groups is 1. The van der Waals surface area contributed by atoms with E-state index in [1.807, 2.05) is 26.1 Å². The molecule has 1 rings (SSSR count). The second-order valence-corrected chi connectivity index (χ2v) is 3.55. The normalized spacial score (nSPS) is 12.8. The molecule has 1 heterocycles. The Hall–Kier alpha value is -0.890. The minimum Gasteiger partial charge on any atom is -0.393 e. The highest BCUT2D eigenvalue weighted by Crippen LogP contribution is 2.06. The Morgan fingerprint density at radius 2 is 2.23 bits per heavy atom. The summed E-state index contributed by atoms with van der Waals surface area (Å²) in [5.74, 6) is 0. The Morgan fingerprint density at radius 3 is 2.77 bits per heavy atom. The molecule has 1 atom stereocenters. The van der Waals surface area contributed by atoms with E-state index in [2.05, 4.69) is 11.1 Å². The topological polar surface area (TPSA) is 33.1 Å². The van der Waals surface area contributed by atoms with Gasteiger partial charge in [0.25, 0.3) is 0 Å². The van der Waals surface area contributed by atoms with Crippen LogP contribution in [0.3, 0.4) is 0 Å². The van der Waals surface area contributed by atoms with Gasteiger partial charge < -0.3 is 5.11 Å². The van der Waals surface area contributed by atoms with Gasteiger partial charge in [0.15, 0.2) is 0 Å². The van der Waals surface area contributed by atoms with Gasteiger partial charge in [0.2, 0.25) is 0 Å². The Balaban J connectivity index is 2.33. The molecule has 1 aromatic rings. The zero-order valence-electron chi connectivity index (χ0n) is 8.33. The van der Waals surface area contributed by atoms with Crippen molar-refractivity contribution in [1.82, 2.24) is 4.98 Å². The van der Waals surface area contributed by atoms with Crippen molar-refractivity contribution >= 4 is 0 Å². The average Bonchev–Trinajstić information content (AvgIpc) is 2.08. The van der Waals surface area contributed by atoms with Crippen LogP contribution in [0.25, 0.3) is 0 Å². The molecule has 0 saturated carbocycles. The van der Waals surface area contributed by atoms with Crippen LogP contribution in [0.1, 0.15) is 31.0 Å². The molecule has 2 nitrogen and oxygen atoms in total. The highest BCUT2D eigenvalue weighted by molar-refractivity contribution is 5.12. The van der Waals surface area contributed by atoms with Crippen LogP contribution in [0.15, 0.2) is 18.3 Å². The van der Waals surface area contributed by atoms with Gasteiger partial charge in [-0.3, -0.25) is 4.98 Å². The Bertz CT molecular complexity index is 241. The number of aromatic nitrogens is 1. The molecule has 0 aliphatic heterocycles. The minimum atomic E-state index is -0.182. The number of aryl methyl sites for hydroxylation is 2. The maximum absolute atomic E-state index is 9.06. The third kappa shape index (κ3) is 4.04. The number of nitrogens with zero attached hydrogens (tertiary/aromatic N) is 1. The number of hydrogen-bond donors (Lipinski definition) is 1. The van der Waals surface area contributed by atoms with Crippen molar-refractivity contribution in [1.29, 1.82) is 0 Å². The number of pyridine rings is 1. The summed E-state index contributed by atoms with van der Waals surface area (Å²) in [6, 6.07) is 4.13. The molecule has 0 bridgehead atoms. The van der Waals surface area contributed by atoms with Crippen molar-refractivity contribution in [2.45, 2.75) is 39.2 Å². The molecular formula is C11H17NO. The third-order valence-electron chi connectivity index (χ3n) is 2.06. The fraction of sp³-hybridized carbons (Fsp3) is 0.545. The van der Waals surface area contributed by atoms with Gasteiger partial charge in [-0.25, -0.2) is 0 Å². The molecule has 0 aliphatic rings. The van der Waals surface area contributed by atoms with E-state index in [0.29, 0.717) is 0 Å². The smallest absolute Gasteiger partial charge is 0.0512 e. The van der Waals surface area contributed by atoms with Crippen LogP contribution < -0.4 is 0 Å². The van der Waals surface area contributed by atoms with E-state index in [4.69, 9.17) is 5.11 Å². The second kappa shape index (κ2) is 4.97. The first-order valence-corrected chi connectivity index (χ1v) is 4.78. The maximum Gasteiger partial charge on any atom is 0.0512 e. The highest BCUT2D eigenvalue weighted by atomic mass is 16.3. The van der Waals surface area contributed by atoms with Crippen LogP contribution in [-0.2, 0) is 6.42 Å². The largest absolute Gasteiger partial charge is 0.393 e. The monoisotopic (exact) mass is 179 g/mol.